The first-order valence-corrected chi connectivity index (χ1v) is 11.4. The number of hydrogen-bond acceptors (Lipinski definition) is 5. The zero-order valence-electron chi connectivity index (χ0n) is 19.8. The van der Waals surface area contributed by atoms with Crippen molar-refractivity contribution in [3.05, 3.63) is 30.3 Å². The van der Waals surface area contributed by atoms with Crippen molar-refractivity contribution in [2.45, 2.75) is 39.7 Å². The SMILES string of the molecule is CCNC(=NCC(=O)N1CCN(c2ccccc2)CC1)NCCCNC(=O)OC(C)(C)C. The molecular weight excluding hydrogens is 408 g/mol. The molecule has 0 bridgehead atoms. The Labute approximate surface area is 191 Å². The van der Waals surface area contributed by atoms with Crippen LogP contribution in [0.5, 0.6) is 0 Å². The monoisotopic (exact) mass is 446 g/mol. The molecule has 0 atom stereocenters. The highest BCUT2D eigenvalue weighted by atomic mass is 16.6. The van der Waals surface area contributed by atoms with Crippen molar-refractivity contribution in [3.8, 4) is 0 Å². The van der Waals surface area contributed by atoms with Gasteiger partial charge in [0.05, 0.1) is 0 Å². The number of piperazine rings is 1. The van der Waals surface area contributed by atoms with E-state index in [1.165, 1.54) is 5.69 Å². The van der Waals surface area contributed by atoms with Crippen molar-refractivity contribution in [1.29, 1.82) is 0 Å². The smallest absolute Gasteiger partial charge is 0.407 e. The highest BCUT2D eigenvalue weighted by Gasteiger charge is 2.21. The van der Waals surface area contributed by atoms with Crippen LogP contribution in [0.15, 0.2) is 35.3 Å². The molecule has 1 fully saturated rings. The molecule has 3 N–H and O–H groups in total. The number of anilines is 1. The molecule has 1 heterocycles. The van der Waals surface area contributed by atoms with E-state index in [2.05, 4.69) is 38.0 Å². The lowest BCUT2D eigenvalue weighted by Gasteiger charge is -2.36. The molecule has 32 heavy (non-hydrogen) atoms. The normalized spacial score (nSPS) is 14.7. The average molecular weight is 447 g/mol. The third-order valence-electron chi connectivity index (χ3n) is 4.78. The maximum atomic E-state index is 12.6. The highest BCUT2D eigenvalue weighted by molar-refractivity contribution is 5.85. The van der Waals surface area contributed by atoms with E-state index >= 15 is 0 Å². The van der Waals surface area contributed by atoms with E-state index in [9.17, 15) is 9.59 Å². The molecule has 0 spiro atoms. The first-order valence-electron chi connectivity index (χ1n) is 11.4. The number of hydrogen-bond donors (Lipinski definition) is 3. The fourth-order valence-electron chi connectivity index (χ4n) is 3.24. The van der Waals surface area contributed by atoms with Gasteiger partial charge in [-0.25, -0.2) is 9.79 Å². The van der Waals surface area contributed by atoms with Crippen LogP contribution >= 0.6 is 0 Å². The number of alkyl carbamates (subject to hydrolysis) is 1. The molecule has 178 valence electrons. The van der Waals surface area contributed by atoms with Crippen LogP contribution in [0.1, 0.15) is 34.1 Å². The topological polar surface area (TPSA) is 98.3 Å². The van der Waals surface area contributed by atoms with Gasteiger partial charge in [0.25, 0.3) is 0 Å². The van der Waals surface area contributed by atoms with Gasteiger partial charge >= 0.3 is 6.09 Å². The molecule has 2 amide bonds. The summed E-state index contributed by atoms with van der Waals surface area (Å²) < 4.78 is 5.21. The molecule has 0 aliphatic carbocycles. The maximum Gasteiger partial charge on any atom is 0.407 e. The predicted molar refractivity (Wildman–Crippen MR) is 128 cm³/mol. The van der Waals surface area contributed by atoms with E-state index in [4.69, 9.17) is 4.74 Å². The van der Waals surface area contributed by atoms with Crippen LogP contribution in [-0.2, 0) is 9.53 Å². The molecule has 0 saturated carbocycles. The number of carbonyl (C=O) groups is 2. The van der Waals surface area contributed by atoms with Crippen LogP contribution in [0.3, 0.4) is 0 Å². The Morgan fingerprint density at radius 3 is 2.28 bits per heavy atom. The van der Waals surface area contributed by atoms with Crippen LogP contribution in [0.2, 0.25) is 0 Å². The Balaban J connectivity index is 1.69. The Morgan fingerprint density at radius 1 is 1.00 bits per heavy atom. The van der Waals surface area contributed by atoms with Gasteiger partial charge in [0.1, 0.15) is 12.1 Å². The Kier molecular flexibility index (Phi) is 10.1. The zero-order chi connectivity index (χ0) is 23.4. The number of para-hydroxylation sites is 1. The second-order valence-electron chi connectivity index (χ2n) is 8.61. The number of benzene rings is 1. The van der Waals surface area contributed by atoms with Gasteiger partial charge < -0.3 is 30.5 Å². The minimum atomic E-state index is -0.506. The van der Waals surface area contributed by atoms with E-state index in [1.807, 2.05) is 50.8 Å². The van der Waals surface area contributed by atoms with Crippen LogP contribution in [0.25, 0.3) is 0 Å². The van der Waals surface area contributed by atoms with E-state index in [0.29, 0.717) is 45.1 Å². The molecule has 1 aromatic carbocycles. The molecule has 9 nitrogen and oxygen atoms in total. The number of rotatable bonds is 8. The third-order valence-corrected chi connectivity index (χ3v) is 4.78. The van der Waals surface area contributed by atoms with Crippen molar-refractivity contribution in [1.82, 2.24) is 20.9 Å². The fourth-order valence-corrected chi connectivity index (χ4v) is 3.24. The maximum absolute atomic E-state index is 12.6. The summed E-state index contributed by atoms with van der Waals surface area (Å²) in [5.41, 5.74) is 0.686. The summed E-state index contributed by atoms with van der Waals surface area (Å²) in [6.45, 7) is 12.4. The molecule has 9 heteroatoms. The Bertz CT molecular complexity index is 740. The largest absolute Gasteiger partial charge is 0.444 e. The van der Waals surface area contributed by atoms with Gasteiger partial charge in [-0.15, -0.1) is 0 Å². The summed E-state index contributed by atoms with van der Waals surface area (Å²) in [5, 5.41) is 9.07. The molecule has 0 radical (unpaired) electrons. The Hall–Kier alpha value is -2.97. The Morgan fingerprint density at radius 2 is 1.66 bits per heavy atom. The average Bonchev–Trinajstić information content (AvgIpc) is 2.76. The minimum absolute atomic E-state index is 0.0292. The van der Waals surface area contributed by atoms with Crippen molar-refractivity contribution in [3.63, 3.8) is 0 Å². The molecule has 1 aliphatic heterocycles. The summed E-state index contributed by atoms with van der Waals surface area (Å²) in [6.07, 6.45) is 0.287. The van der Waals surface area contributed by atoms with Gasteiger partial charge in [-0.2, -0.15) is 0 Å². The quantitative estimate of drug-likeness (QED) is 0.320. The second kappa shape index (κ2) is 12.8. The fraction of sp³-hybridized carbons (Fsp3) is 0.609. The van der Waals surface area contributed by atoms with E-state index in [0.717, 1.165) is 13.1 Å². The van der Waals surface area contributed by atoms with Gasteiger partial charge in [0.2, 0.25) is 5.91 Å². The third kappa shape index (κ3) is 9.45. The number of amides is 2. The molecule has 1 saturated heterocycles. The van der Waals surface area contributed by atoms with Crippen molar-refractivity contribution in [2.75, 3.05) is 57.3 Å². The first kappa shape index (κ1) is 25.3. The van der Waals surface area contributed by atoms with Crippen molar-refractivity contribution < 1.29 is 14.3 Å². The number of guanidine groups is 1. The van der Waals surface area contributed by atoms with Gasteiger partial charge in [-0.05, 0) is 46.2 Å². The number of nitrogens with one attached hydrogen (secondary N) is 3. The van der Waals surface area contributed by atoms with Crippen LogP contribution in [0.4, 0.5) is 10.5 Å². The molecule has 2 rings (SSSR count). The van der Waals surface area contributed by atoms with Gasteiger partial charge in [0.15, 0.2) is 5.96 Å². The van der Waals surface area contributed by atoms with E-state index in [-0.39, 0.29) is 12.5 Å². The van der Waals surface area contributed by atoms with Gasteiger partial charge in [0, 0.05) is 51.5 Å². The van der Waals surface area contributed by atoms with Gasteiger partial charge in [-0.1, -0.05) is 18.2 Å². The standard InChI is InChI=1S/C23H38N6O3/c1-5-24-21(25-12-9-13-26-22(31)32-23(2,3)4)27-18-20(30)29-16-14-28(15-17-29)19-10-7-6-8-11-19/h6-8,10-11H,5,9,12-18H2,1-4H3,(H,26,31)(H2,24,25,27). The lowest BCUT2D eigenvalue weighted by Crippen LogP contribution is -2.49. The number of carbonyl (C=O) groups excluding carboxylic acids is 2. The van der Waals surface area contributed by atoms with Gasteiger partial charge in [-0.3, -0.25) is 4.79 Å². The highest BCUT2D eigenvalue weighted by Crippen LogP contribution is 2.15. The molecule has 1 aliphatic rings. The molecule has 0 aromatic heterocycles. The van der Waals surface area contributed by atoms with Crippen molar-refractivity contribution in [2.24, 2.45) is 4.99 Å². The van der Waals surface area contributed by atoms with Crippen LogP contribution in [0, 0.1) is 0 Å². The number of aliphatic imine (C=N–C) groups is 1. The summed E-state index contributed by atoms with van der Waals surface area (Å²) in [5.74, 6) is 0.627. The molecule has 1 aromatic rings. The zero-order valence-corrected chi connectivity index (χ0v) is 19.8. The summed E-state index contributed by atoms with van der Waals surface area (Å²) in [7, 11) is 0. The summed E-state index contributed by atoms with van der Waals surface area (Å²) >= 11 is 0. The number of nitrogens with zero attached hydrogens (tertiary/aromatic N) is 3. The van der Waals surface area contributed by atoms with Crippen molar-refractivity contribution >= 4 is 23.6 Å². The number of ether oxygens (including phenoxy) is 1. The first-order chi connectivity index (χ1) is 15.3. The lowest BCUT2D eigenvalue weighted by atomic mass is 10.2. The minimum Gasteiger partial charge on any atom is -0.444 e. The second-order valence-corrected chi connectivity index (χ2v) is 8.61. The van der Waals surface area contributed by atoms with Crippen LogP contribution < -0.4 is 20.9 Å². The lowest BCUT2D eigenvalue weighted by molar-refractivity contribution is -0.129. The van der Waals surface area contributed by atoms with Crippen LogP contribution in [-0.4, -0.2) is 80.8 Å². The summed E-state index contributed by atoms with van der Waals surface area (Å²) in [6, 6.07) is 10.3. The van der Waals surface area contributed by atoms with E-state index in [1.54, 1.807) is 0 Å². The van der Waals surface area contributed by atoms with E-state index < -0.39 is 11.7 Å². The summed E-state index contributed by atoms with van der Waals surface area (Å²) in [4.78, 5) is 32.8. The molecule has 0 unspecified atom stereocenters. The molecular formula is C23H38N6O3. The predicted octanol–water partition coefficient (Wildman–Crippen LogP) is 1.81.